The molecular weight excluding hydrogens is 270 g/mol. The van der Waals surface area contributed by atoms with Gasteiger partial charge in [0.1, 0.15) is 0 Å². The second kappa shape index (κ2) is 5.46. The maximum Gasteiger partial charge on any atom is 0.0397 e. The van der Waals surface area contributed by atoms with Gasteiger partial charge in [-0.05, 0) is 53.2 Å². The molecule has 1 aromatic heterocycles. The van der Waals surface area contributed by atoms with Crippen molar-refractivity contribution >= 4 is 27.3 Å². The summed E-state index contributed by atoms with van der Waals surface area (Å²) in [4.78, 5) is 1.42. The molecule has 0 spiro atoms. The first-order valence-corrected chi connectivity index (χ1v) is 7.41. The lowest BCUT2D eigenvalue weighted by atomic mass is 9.83. The van der Waals surface area contributed by atoms with E-state index in [2.05, 4.69) is 39.6 Å². The van der Waals surface area contributed by atoms with Gasteiger partial charge in [0.15, 0.2) is 0 Å². The smallest absolute Gasteiger partial charge is 0.0397 e. The van der Waals surface area contributed by atoms with E-state index in [1.165, 1.54) is 35.0 Å². The minimum absolute atomic E-state index is 0.486. The molecule has 0 aliphatic heterocycles. The summed E-state index contributed by atoms with van der Waals surface area (Å²) >= 11 is 5.41. The van der Waals surface area contributed by atoms with Crippen LogP contribution in [-0.4, -0.2) is 6.54 Å². The lowest BCUT2D eigenvalue weighted by Gasteiger charge is -2.26. The molecule has 1 N–H and O–H groups in total. The SMILES string of the molecule is CC(NCCC1CCC1)c1sccc1Br. The zero-order valence-electron chi connectivity index (χ0n) is 9.13. The van der Waals surface area contributed by atoms with Crippen molar-refractivity contribution in [2.24, 2.45) is 5.92 Å². The Kier molecular flexibility index (Phi) is 4.23. The van der Waals surface area contributed by atoms with Gasteiger partial charge in [0.05, 0.1) is 0 Å². The second-order valence-corrected chi connectivity index (χ2v) is 6.20. The molecule has 1 heterocycles. The van der Waals surface area contributed by atoms with Crippen LogP contribution in [0.25, 0.3) is 0 Å². The first kappa shape index (κ1) is 11.6. The molecule has 0 amide bonds. The summed E-state index contributed by atoms with van der Waals surface area (Å²) in [6, 6.07) is 2.61. The van der Waals surface area contributed by atoms with Crippen molar-refractivity contribution in [2.45, 2.75) is 38.6 Å². The zero-order valence-corrected chi connectivity index (χ0v) is 11.5. The topological polar surface area (TPSA) is 12.0 Å². The van der Waals surface area contributed by atoms with Crippen LogP contribution in [0.2, 0.25) is 0 Å². The highest BCUT2D eigenvalue weighted by atomic mass is 79.9. The average molecular weight is 288 g/mol. The number of nitrogens with one attached hydrogen (secondary N) is 1. The lowest BCUT2D eigenvalue weighted by molar-refractivity contribution is 0.289. The van der Waals surface area contributed by atoms with Crippen LogP contribution in [0.1, 0.15) is 43.5 Å². The number of hydrogen-bond acceptors (Lipinski definition) is 2. The van der Waals surface area contributed by atoms with E-state index >= 15 is 0 Å². The Balaban J connectivity index is 1.72. The third-order valence-electron chi connectivity index (χ3n) is 3.27. The van der Waals surface area contributed by atoms with Crippen LogP contribution < -0.4 is 5.32 Å². The van der Waals surface area contributed by atoms with Crippen molar-refractivity contribution in [1.82, 2.24) is 5.32 Å². The molecular formula is C12H18BrNS. The monoisotopic (exact) mass is 287 g/mol. The molecule has 2 rings (SSSR count). The van der Waals surface area contributed by atoms with Crippen LogP contribution in [0.4, 0.5) is 0 Å². The number of halogens is 1. The van der Waals surface area contributed by atoms with E-state index < -0.39 is 0 Å². The summed E-state index contributed by atoms with van der Waals surface area (Å²) in [6.45, 7) is 3.41. The van der Waals surface area contributed by atoms with Gasteiger partial charge in [0.2, 0.25) is 0 Å². The van der Waals surface area contributed by atoms with Gasteiger partial charge < -0.3 is 5.32 Å². The normalized spacial score (nSPS) is 18.8. The highest BCUT2D eigenvalue weighted by Gasteiger charge is 2.17. The van der Waals surface area contributed by atoms with Crippen LogP contribution in [0.5, 0.6) is 0 Å². The molecule has 3 heteroatoms. The van der Waals surface area contributed by atoms with Crippen LogP contribution in [-0.2, 0) is 0 Å². The first-order chi connectivity index (χ1) is 7.27. The summed E-state index contributed by atoms with van der Waals surface area (Å²) < 4.78 is 1.25. The number of thiophene rings is 1. The summed E-state index contributed by atoms with van der Waals surface area (Å²) in [5.74, 6) is 1.01. The molecule has 15 heavy (non-hydrogen) atoms. The molecule has 1 unspecified atom stereocenters. The van der Waals surface area contributed by atoms with Gasteiger partial charge in [-0.2, -0.15) is 0 Å². The molecule has 1 nitrogen and oxygen atoms in total. The Hall–Kier alpha value is 0.140. The van der Waals surface area contributed by atoms with Gasteiger partial charge >= 0.3 is 0 Å². The van der Waals surface area contributed by atoms with E-state index in [1.807, 2.05) is 11.3 Å². The minimum atomic E-state index is 0.486. The van der Waals surface area contributed by atoms with Gasteiger partial charge in [-0.25, -0.2) is 0 Å². The standard InChI is InChI=1S/C12H18BrNS/c1-9(12-11(13)6-8-15-12)14-7-5-10-3-2-4-10/h6,8-10,14H,2-5,7H2,1H3. The van der Waals surface area contributed by atoms with Crippen molar-refractivity contribution in [3.8, 4) is 0 Å². The third kappa shape index (κ3) is 3.05. The van der Waals surface area contributed by atoms with Gasteiger partial charge in [-0.15, -0.1) is 11.3 Å². The molecule has 0 bridgehead atoms. The Morgan fingerprint density at radius 1 is 1.60 bits per heavy atom. The van der Waals surface area contributed by atoms with Gasteiger partial charge in [-0.3, -0.25) is 0 Å². The fourth-order valence-electron chi connectivity index (χ4n) is 1.99. The maximum absolute atomic E-state index is 3.61. The maximum atomic E-state index is 3.61. The average Bonchev–Trinajstić information content (AvgIpc) is 2.55. The summed E-state index contributed by atoms with van der Waals surface area (Å²) in [7, 11) is 0. The van der Waals surface area contributed by atoms with Crippen molar-refractivity contribution in [3.63, 3.8) is 0 Å². The van der Waals surface area contributed by atoms with Crippen molar-refractivity contribution in [1.29, 1.82) is 0 Å². The van der Waals surface area contributed by atoms with Crippen molar-refractivity contribution in [3.05, 3.63) is 20.8 Å². The highest BCUT2D eigenvalue weighted by Crippen LogP contribution is 2.30. The molecule has 1 aliphatic carbocycles. The Bertz CT molecular complexity index is 306. The zero-order chi connectivity index (χ0) is 10.7. The minimum Gasteiger partial charge on any atom is -0.309 e. The lowest BCUT2D eigenvalue weighted by Crippen LogP contribution is -2.23. The molecule has 1 atom stereocenters. The molecule has 1 fully saturated rings. The third-order valence-corrected chi connectivity index (χ3v) is 5.32. The number of rotatable bonds is 5. The summed E-state index contributed by atoms with van der Waals surface area (Å²) in [5.41, 5.74) is 0. The molecule has 0 radical (unpaired) electrons. The van der Waals surface area contributed by atoms with E-state index in [9.17, 15) is 0 Å². The molecule has 0 aromatic carbocycles. The Labute approximate surface area is 104 Å². The van der Waals surface area contributed by atoms with Gasteiger partial charge in [0.25, 0.3) is 0 Å². The summed E-state index contributed by atoms with van der Waals surface area (Å²) in [5, 5.41) is 5.75. The van der Waals surface area contributed by atoms with Crippen molar-refractivity contribution in [2.75, 3.05) is 6.54 Å². The van der Waals surface area contributed by atoms with E-state index in [4.69, 9.17) is 0 Å². The van der Waals surface area contributed by atoms with Crippen LogP contribution >= 0.6 is 27.3 Å². The Morgan fingerprint density at radius 3 is 2.93 bits per heavy atom. The summed E-state index contributed by atoms with van der Waals surface area (Å²) in [6.07, 6.45) is 5.72. The molecule has 1 aromatic rings. The molecule has 84 valence electrons. The first-order valence-electron chi connectivity index (χ1n) is 5.73. The van der Waals surface area contributed by atoms with Gasteiger partial charge in [-0.1, -0.05) is 19.3 Å². The second-order valence-electron chi connectivity index (χ2n) is 4.39. The van der Waals surface area contributed by atoms with E-state index in [0.717, 1.165) is 12.5 Å². The van der Waals surface area contributed by atoms with Crippen LogP contribution in [0, 0.1) is 5.92 Å². The molecule has 0 saturated heterocycles. The molecule has 1 aliphatic rings. The fourth-order valence-corrected chi connectivity index (χ4v) is 3.74. The predicted molar refractivity (Wildman–Crippen MR) is 70.4 cm³/mol. The fraction of sp³-hybridized carbons (Fsp3) is 0.667. The number of hydrogen-bond donors (Lipinski definition) is 1. The Morgan fingerprint density at radius 2 is 2.40 bits per heavy atom. The van der Waals surface area contributed by atoms with E-state index in [-0.39, 0.29) is 0 Å². The largest absolute Gasteiger partial charge is 0.309 e. The van der Waals surface area contributed by atoms with Crippen LogP contribution in [0.3, 0.4) is 0 Å². The highest BCUT2D eigenvalue weighted by molar-refractivity contribution is 9.10. The van der Waals surface area contributed by atoms with Gasteiger partial charge in [0, 0.05) is 15.4 Å². The van der Waals surface area contributed by atoms with Crippen molar-refractivity contribution < 1.29 is 0 Å². The van der Waals surface area contributed by atoms with E-state index in [0.29, 0.717) is 6.04 Å². The molecule has 1 saturated carbocycles. The van der Waals surface area contributed by atoms with Crippen LogP contribution in [0.15, 0.2) is 15.9 Å². The quantitative estimate of drug-likeness (QED) is 0.849. The predicted octanol–water partition coefficient (Wildman–Crippen LogP) is 4.35. The van der Waals surface area contributed by atoms with E-state index in [1.54, 1.807) is 0 Å².